The van der Waals surface area contributed by atoms with Crippen molar-refractivity contribution in [2.45, 2.75) is 32.7 Å². The molecular weight excluding hydrogens is 319 g/mol. The van der Waals surface area contributed by atoms with E-state index in [9.17, 15) is 19.1 Å². The number of rotatable bonds is 6. The summed E-state index contributed by atoms with van der Waals surface area (Å²) in [6.07, 6.45) is -1.00. The molecule has 0 aliphatic heterocycles. The molecule has 0 heterocycles. The second-order valence-corrected chi connectivity index (χ2v) is 7.00. The first-order valence-electron chi connectivity index (χ1n) is 6.29. The Morgan fingerprint density at radius 2 is 1.71 bits per heavy atom. The van der Waals surface area contributed by atoms with Crippen LogP contribution in [0.15, 0.2) is 24.3 Å². The molecule has 8 heteroatoms. The number of carbonyl (C=O) groups excluding carboxylic acids is 1. The summed E-state index contributed by atoms with van der Waals surface area (Å²) in [4.78, 5) is 30.2. The quantitative estimate of drug-likeness (QED) is 0.613. The van der Waals surface area contributed by atoms with Crippen LogP contribution < -0.4 is 4.74 Å². The number of ether oxygens (including phenoxy) is 2. The van der Waals surface area contributed by atoms with Gasteiger partial charge in [0.05, 0.1) is 0 Å². The van der Waals surface area contributed by atoms with Crippen molar-refractivity contribution in [3.05, 3.63) is 29.3 Å². The molecule has 6 nitrogen and oxygen atoms in total. The highest BCUT2D eigenvalue weighted by molar-refractivity contribution is 7.52. The smallest absolute Gasteiger partial charge is 0.366 e. The van der Waals surface area contributed by atoms with Crippen LogP contribution in [-0.2, 0) is 14.1 Å². The Hall–Kier alpha value is -1.07. The summed E-state index contributed by atoms with van der Waals surface area (Å²) in [6, 6.07) is 6.35. The van der Waals surface area contributed by atoms with Gasteiger partial charge < -0.3 is 19.3 Å². The van der Waals surface area contributed by atoms with Crippen molar-refractivity contribution in [1.29, 1.82) is 0 Å². The zero-order chi connectivity index (χ0) is 16.2. The first kappa shape index (κ1) is 18.0. The number of hydrogen-bond acceptors (Lipinski definition) is 4. The van der Waals surface area contributed by atoms with Gasteiger partial charge in [0.1, 0.15) is 5.75 Å². The zero-order valence-electron chi connectivity index (χ0n) is 11.9. The minimum absolute atomic E-state index is 0.404. The molecule has 21 heavy (non-hydrogen) atoms. The van der Waals surface area contributed by atoms with Crippen LogP contribution in [0.2, 0.25) is 5.02 Å². The maximum atomic E-state index is 11.9. The summed E-state index contributed by atoms with van der Waals surface area (Å²) >= 11 is 5.73. The van der Waals surface area contributed by atoms with Crippen LogP contribution in [0.25, 0.3) is 0 Å². The minimum Gasteiger partial charge on any atom is -0.479 e. The maximum Gasteiger partial charge on any atom is 0.366 e. The monoisotopic (exact) mass is 336 g/mol. The zero-order valence-corrected chi connectivity index (χ0v) is 13.5. The van der Waals surface area contributed by atoms with E-state index in [-0.39, 0.29) is 0 Å². The molecule has 1 aromatic rings. The summed E-state index contributed by atoms with van der Waals surface area (Å²) in [7, 11) is -4.53. The normalized spacial score (nSPS) is 14.6. The molecule has 0 saturated carbocycles. The largest absolute Gasteiger partial charge is 0.479 e. The van der Waals surface area contributed by atoms with Crippen LogP contribution in [-0.4, -0.2) is 27.7 Å². The Balaban J connectivity index is 2.69. The van der Waals surface area contributed by atoms with Crippen molar-refractivity contribution in [2.75, 3.05) is 0 Å². The first-order valence-corrected chi connectivity index (χ1v) is 8.35. The highest BCUT2D eigenvalue weighted by Crippen LogP contribution is 2.45. The third-order valence-electron chi connectivity index (χ3n) is 2.60. The van der Waals surface area contributed by atoms with Crippen LogP contribution in [0.3, 0.4) is 0 Å². The van der Waals surface area contributed by atoms with Crippen molar-refractivity contribution in [1.82, 2.24) is 0 Å². The maximum absolute atomic E-state index is 11.9. The van der Waals surface area contributed by atoms with E-state index >= 15 is 0 Å². The minimum atomic E-state index is -4.53. The average Bonchev–Trinajstić information content (AvgIpc) is 2.36. The highest BCUT2D eigenvalue weighted by Gasteiger charge is 2.36. The molecule has 2 unspecified atom stereocenters. The molecule has 2 N–H and O–H groups in total. The fraction of sp³-hybridized carbons (Fsp3) is 0.462. The van der Waals surface area contributed by atoms with Gasteiger partial charge in [-0.05, 0) is 31.2 Å². The lowest BCUT2D eigenvalue weighted by atomic mass is 10.2. The Morgan fingerprint density at radius 3 is 2.14 bits per heavy atom. The Morgan fingerprint density at radius 1 is 1.19 bits per heavy atom. The van der Waals surface area contributed by atoms with Crippen LogP contribution in [0, 0.1) is 5.92 Å². The topological polar surface area (TPSA) is 93.1 Å². The summed E-state index contributed by atoms with van der Waals surface area (Å²) in [5.74, 6) is -2.44. The predicted octanol–water partition coefficient (Wildman–Crippen LogP) is 2.81. The molecule has 118 valence electrons. The summed E-state index contributed by atoms with van der Waals surface area (Å²) in [6.45, 7) is 4.55. The second-order valence-electron chi connectivity index (χ2n) is 4.87. The van der Waals surface area contributed by atoms with Crippen LogP contribution in [0.5, 0.6) is 5.75 Å². The molecule has 0 aliphatic rings. The number of benzene rings is 1. The predicted molar refractivity (Wildman–Crippen MR) is 78.3 cm³/mol. The van der Waals surface area contributed by atoms with Gasteiger partial charge in [-0.25, -0.2) is 4.79 Å². The molecule has 0 bridgehead atoms. The molecule has 0 aromatic heterocycles. The van der Waals surface area contributed by atoms with Gasteiger partial charge in [0.15, 0.2) is 6.10 Å². The van der Waals surface area contributed by atoms with E-state index in [1.807, 2.05) is 0 Å². The van der Waals surface area contributed by atoms with Gasteiger partial charge in [0, 0.05) is 10.9 Å². The average molecular weight is 337 g/mol. The lowest BCUT2D eigenvalue weighted by Gasteiger charge is -2.24. The van der Waals surface area contributed by atoms with E-state index in [1.54, 1.807) is 38.1 Å². The summed E-state index contributed by atoms with van der Waals surface area (Å²) < 4.78 is 21.5. The Kier molecular flexibility index (Phi) is 6.23. The Bertz CT molecular complexity index is 524. The summed E-state index contributed by atoms with van der Waals surface area (Å²) in [5, 5.41) is 0.527. The van der Waals surface area contributed by atoms with E-state index in [4.69, 9.17) is 21.1 Å². The molecule has 0 radical (unpaired) electrons. The lowest BCUT2D eigenvalue weighted by Crippen LogP contribution is -2.32. The first-order chi connectivity index (χ1) is 9.61. The van der Waals surface area contributed by atoms with E-state index in [0.29, 0.717) is 10.8 Å². The number of carbonyl (C=O) groups is 1. The summed E-state index contributed by atoms with van der Waals surface area (Å²) in [5.41, 5.74) is 0. The Labute approximate surface area is 128 Å². The van der Waals surface area contributed by atoms with Gasteiger partial charge in [0.25, 0.3) is 0 Å². The molecular formula is C13H18ClO6P. The van der Waals surface area contributed by atoms with E-state index in [2.05, 4.69) is 0 Å². The fourth-order valence-electron chi connectivity index (χ4n) is 1.57. The van der Waals surface area contributed by atoms with Gasteiger partial charge in [-0.3, -0.25) is 4.57 Å². The van der Waals surface area contributed by atoms with Crippen molar-refractivity contribution in [2.24, 2.45) is 5.92 Å². The van der Waals surface area contributed by atoms with Crippen LogP contribution in [0.1, 0.15) is 20.8 Å². The van der Waals surface area contributed by atoms with Gasteiger partial charge >= 0.3 is 13.6 Å². The van der Waals surface area contributed by atoms with E-state index in [1.165, 1.54) is 6.92 Å². The third-order valence-corrected chi connectivity index (χ3v) is 4.21. The van der Waals surface area contributed by atoms with Gasteiger partial charge in [-0.1, -0.05) is 25.4 Å². The molecule has 2 atom stereocenters. The van der Waals surface area contributed by atoms with Crippen molar-refractivity contribution in [3.63, 3.8) is 0 Å². The number of hydrogen-bond donors (Lipinski definition) is 2. The lowest BCUT2D eigenvalue weighted by molar-refractivity contribution is -0.155. The van der Waals surface area contributed by atoms with Crippen molar-refractivity contribution >= 4 is 25.2 Å². The van der Waals surface area contributed by atoms with Crippen molar-refractivity contribution < 1.29 is 28.6 Å². The number of halogens is 1. The van der Waals surface area contributed by atoms with E-state index < -0.39 is 31.4 Å². The molecule has 0 amide bonds. The second kappa shape index (κ2) is 7.27. The highest BCUT2D eigenvalue weighted by atomic mass is 35.5. The van der Waals surface area contributed by atoms with Gasteiger partial charge in [-0.2, -0.15) is 0 Å². The fourth-order valence-corrected chi connectivity index (χ4v) is 2.72. The molecule has 0 aliphatic carbocycles. The molecule has 0 spiro atoms. The SMILES string of the molecule is CC(Oc1ccc(Cl)cc1)C(=O)OC(C(C)C)P(=O)(O)O. The van der Waals surface area contributed by atoms with Gasteiger partial charge in [-0.15, -0.1) is 0 Å². The molecule has 0 saturated heterocycles. The number of esters is 1. The standard InChI is InChI=1S/C13H18ClO6P/c1-8(2)13(21(16,17)18)20-12(15)9(3)19-11-6-4-10(14)5-7-11/h4-9,13H,1-3H3,(H2,16,17,18). The molecule has 0 fully saturated rings. The molecule has 1 aromatic carbocycles. The molecule has 1 rings (SSSR count). The van der Waals surface area contributed by atoms with Crippen LogP contribution >= 0.6 is 19.2 Å². The van der Waals surface area contributed by atoms with E-state index in [0.717, 1.165) is 0 Å². The van der Waals surface area contributed by atoms with Crippen molar-refractivity contribution in [3.8, 4) is 5.75 Å². The van der Waals surface area contributed by atoms with Gasteiger partial charge in [0.2, 0.25) is 5.85 Å². The third kappa shape index (κ3) is 5.67. The van der Waals surface area contributed by atoms with Crippen LogP contribution in [0.4, 0.5) is 0 Å².